The van der Waals surface area contributed by atoms with Gasteiger partial charge in [-0.3, -0.25) is 14.5 Å². The number of carbonyl (C=O) groups is 2. The van der Waals surface area contributed by atoms with Gasteiger partial charge >= 0.3 is 0 Å². The maximum absolute atomic E-state index is 12.8. The van der Waals surface area contributed by atoms with Gasteiger partial charge in [-0.2, -0.15) is 0 Å². The van der Waals surface area contributed by atoms with Crippen molar-refractivity contribution in [2.45, 2.75) is 19.4 Å². The van der Waals surface area contributed by atoms with E-state index < -0.39 is 0 Å². The third kappa shape index (κ3) is 5.74. The molecule has 164 valence electrons. The van der Waals surface area contributed by atoms with Crippen LogP contribution in [0.2, 0.25) is 0 Å². The summed E-state index contributed by atoms with van der Waals surface area (Å²) in [6, 6.07) is 25.1. The Labute approximate surface area is 188 Å². The van der Waals surface area contributed by atoms with Gasteiger partial charge < -0.3 is 16.0 Å². The van der Waals surface area contributed by atoms with Crippen LogP contribution in [0.15, 0.2) is 78.9 Å². The smallest absolute Gasteiger partial charge is 0.257 e. The summed E-state index contributed by atoms with van der Waals surface area (Å²) in [5.74, 6) is -0.374. The Morgan fingerprint density at radius 1 is 0.906 bits per heavy atom. The summed E-state index contributed by atoms with van der Waals surface area (Å²) in [5.41, 5.74) is 3.84. The molecule has 6 nitrogen and oxygen atoms in total. The molecule has 1 unspecified atom stereocenters. The van der Waals surface area contributed by atoms with Crippen molar-refractivity contribution < 1.29 is 9.59 Å². The molecule has 3 aromatic rings. The molecule has 1 atom stereocenters. The fourth-order valence-electron chi connectivity index (χ4n) is 3.97. The van der Waals surface area contributed by atoms with Crippen LogP contribution in [0.3, 0.4) is 0 Å². The molecular formula is C26H28N4O2. The minimum Gasteiger partial charge on any atom is -0.381 e. The van der Waals surface area contributed by atoms with E-state index in [1.807, 2.05) is 67.6 Å². The van der Waals surface area contributed by atoms with Crippen molar-refractivity contribution in [2.24, 2.45) is 0 Å². The van der Waals surface area contributed by atoms with Crippen LogP contribution >= 0.6 is 0 Å². The van der Waals surface area contributed by atoms with Crippen molar-refractivity contribution >= 4 is 28.9 Å². The third-order valence-electron chi connectivity index (χ3n) is 5.51. The average molecular weight is 429 g/mol. The Balaban J connectivity index is 1.33. The van der Waals surface area contributed by atoms with Gasteiger partial charge in [0.25, 0.3) is 5.91 Å². The van der Waals surface area contributed by atoms with Crippen molar-refractivity contribution in [3.05, 3.63) is 90.0 Å². The van der Waals surface area contributed by atoms with Gasteiger partial charge in [-0.05, 0) is 55.3 Å². The highest BCUT2D eigenvalue weighted by Gasteiger charge is 2.24. The quantitative estimate of drug-likeness (QED) is 0.522. The number of benzene rings is 3. The number of nitrogens with one attached hydrogen (secondary N) is 3. The van der Waals surface area contributed by atoms with Crippen molar-refractivity contribution in [1.82, 2.24) is 4.90 Å². The minimum absolute atomic E-state index is 0.124. The first-order chi connectivity index (χ1) is 15.6. The number of amides is 2. The number of nitrogens with zero attached hydrogens (tertiary/aromatic N) is 1. The zero-order chi connectivity index (χ0) is 22.3. The topological polar surface area (TPSA) is 73.5 Å². The number of para-hydroxylation sites is 2. The van der Waals surface area contributed by atoms with E-state index in [1.54, 1.807) is 18.2 Å². The van der Waals surface area contributed by atoms with Gasteiger partial charge in [-0.15, -0.1) is 0 Å². The molecule has 1 aliphatic rings. The summed E-state index contributed by atoms with van der Waals surface area (Å²) in [4.78, 5) is 27.6. The summed E-state index contributed by atoms with van der Waals surface area (Å²) in [7, 11) is 0. The lowest BCUT2D eigenvalue weighted by Crippen LogP contribution is -2.33. The number of anilines is 3. The van der Waals surface area contributed by atoms with Crippen LogP contribution in [0.4, 0.5) is 17.1 Å². The lowest BCUT2D eigenvalue weighted by molar-refractivity contribution is -0.117. The summed E-state index contributed by atoms with van der Waals surface area (Å²) >= 11 is 0. The first-order valence-corrected chi connectivity index (χ1v) is 10.9. The molecule has 0 bridgehead atoms. The molecule has 0 aromatic heterocycles. The third-order valence-corrected chi connectivity index (χ3v) is 5.51. The van der Waals surface area contributed by atoms with E-state index in [4.69, 9.17) is 0 Å². The van der Waals surface area contributed by atoms with E-state index in [2.05, 4.69) is 20.9 Å². The molecule has 1 heterocycles. The molecule has 1 fully saturated rings. The van der Waals surface area contributed by atoms with Crippen LogP contribution in [0.25, 0.3) is 0 Å². The maximum atomic E-state index is 12.8. The summed E-state index contributed by atoms with van der Waals surface area (Å²) in [6.45, 7) is 3.92. The van der Waals surface area contributed by atoms with Gasteiger partial charge in [-0.25, -0.2) is 0 Å². The Kier molecular flexibility index (Phi) is 6.82. The number of carbonyl (C=O) groups excluding carboxylic acids is 2. The predicted molar refractivity (Wildman–Crippen MR) is 129 cm³/mol. The highest BCUT2D eigenvalue weighted by molar-refractivity contribution is 6.10. The van der Waals surface area contributed by atoms with Gasteiger partial charge in [0.15, 0.2) is 0 Å². The molecule has 0 aliphatic carbocycles. The first kappa shape index (κ1) is 21.6. The Morgan fingerprint density at radius 3 is 2.47 bits per heavy atom. The molecule has 0 spiro atoms. The second-order valence-corrected chi connectivity index (χ2v) is 8.15. The molecule has 1 saturated heterocycles. The van der Waals surface area contributed by atoms with Crippen LogP contribution in [0.5, 0.6) is 0 Å². The van der Waals surface area contributed by atoms with Gasteiger partial charge in [-0.1, -0.05) is 42.5 Å². The van der Waals surface area contributed by atoms with Crippen LogP contribution in [0, 0.1) is 6.92 Å². The molecular weight excluding hydrogens is 400 g/mol. The number of likely N-dealkylation sites (tertiary alicyclic amines) is 1. The molecule has 3 N–H and O–H groups in total. The van der Waals surface area contributed by atoms with Crippen molar-refractivity contribution in [3.8, 4) is 0 Å². The number of hydrogen-bond donors (Lipinski definition) is 3. The Hall–Kier alpha value is -3.64. The van der Waals surface area contributed by atoms with Gasteiger partial charge in [0, 0.05) is 30.5 Å². The van der Waals surface area contributed by atoms with Crippen LogP contribution in [-0.4, -0.2) is 42.4 Å². The zero-order valence-electron chi connectivity index (χ0n) is 18.2. The summed E-state index contributed by atoms with van der Waals surface area (Å²) in [6.07, 6.45) is 0.984. The van der Waals surface area contributed by atoms with E-state index in [0.717, 1.165) is 36.4 Å². The lowest BCUT2D eigenvalue weighted by Gasteiger charge is -2.18. The fraction of sp³-hybridized carbons (Fsp3) is 0.231. The van der Waals surface area contributed by atoms with Gasteiger partial charge in [0.05, 0.1) is 17.8 Å². The van der Waals surface area contributed by atoms with E-state index in [-0.39, 0.29) is 11.8 Å². The van der Waals surface area contributed by atoms with Gasteiger partial charge in [0.1, 0.15) is 0 Å². The standard InChI is InChI=1S/C26H28N4O2/c1-19-8-7-11-21(16-19)28-26(32)23-12-5-6-13-24(23)29-25(31)18-30-15-14-22(17-30)27-20-9-3-2-4-10-20/h2-13,16,22,27H,14-15,17-18H2,1H3,(H,28,32)(H,29,31). The van der Waals surface area contributed by atoms with Crippen molar-refractivity contribution in [1.29, 1.82) is 0 Å². The molecule has 0 radical (unpaired) electrons. The second-order valence-electron chi connectivity index (χ2n) is 8.15. The van der Waals surface area contributed by atoms with Crippen LogP contribution in [-0.2, 0) is 4.79 Å². The molecule has 3 aromatic carbocycles. The van der Waals surface area contributed by atoms with Crippen LogP contribution < -0.4 is 16.0 Å². The fourth-order valence-corrected chi connectivity index (χ4v) is 3.97. The number of rotatable bonds is 7. The maximum Gasteiger partial charge on any atom is 0.257 e. The van der Waals surface area contributed by atoms with Gasteiger partial charge in [0.2, 0.25) is 5.91 Å². The largest absolute Gasteiger partial charge is 0.381 e. The summed E-state index contributed by atoms with van der Waals surface area (Å²) in [5, 5.41) is 9.34. The molecule has 32 heavy (non-hydrogen) atoms. The first-order valence-electron chi connectivity index (χ1n) is 10.9. The molecule has 2 amide bonds. The van der Waals surface area contributed by atoms with Crippen LogP contribution in [0.1, 0.15) is 22.3 Å². The average Bonchev–Trinajstić information content (AvgIpc) is 3.21. The molecule has 6 heteroatoms. The van der Waals surface area contributed by atoms with E-state index in [9.17, 15) is 9.59 Å². The second kappa shape index (κ2) is 10.1. The summed E-state index contributed by atoms with van der Waals surface area (Å²) < 4.78 is 0. The lowest BCUT2D eigenvalue weighted by atomic mass is 10.1. The monoisotopic (exact) mass is 428 g/mol. The SMILES string of the molecule is Cc1cccc(NC(=O)c2ccccc2NC(=O)CN2CCC(Nc3ccccc3)C2)c1. The highest BCUT2D eigenvalue weighted by Crippen LogP contribution is 2.19. The Morgan fingerprint density at radius 2 is 1.66 bits per heavy atom. The Bertz CT molecular complexity index is 1080. The van der Waals surface area contributed by atoms with Crippen molar-refractivity contribution in [2.75, 3.05) is 35.6 Å². The molecule has 0 saturated carbocycles. The van der Waals surface area contributed by atoms with Crippen molar-refractivity contribution in [3.63, 3.8) is 0 Å². The van der Waals surface area contributed by atoms with E-state index in [0.29, 0.717) is 23.8 Å². The highest BCUT2D eigenvalue weighted by atomic mass is 16.2. The van der Waals surface area contributed by atoms with E-state index >= 15 is 0 Å². The minimum atomic E-state index is -0.250. The predicted octanol–water partition coefficient (Wildman–Crippen LogP) is 4.37. The van der Waals surface area contributed by atoms with E-state index in [1.165, 1.54) is 0 Å². The number of aryl methyl sites for hydroxylation is 1. The number of hydrogen-bond acceptors (Lipinski definition) is 4. The normalized spacial score (nSPS) is 15.8. The molecule has 1 aliphatic heterocycles. The zero-order valence-corrected chi connectivity index (χ0v) is 18.2. The molecule has 4 rings (SSSR count).